The van der Waals surface area contributed by atoms with Gasteiger partial charge in [0.2, 0.25) is 6.29 Å². The number of aliphatic hydroxyl groups is 3. The molecule has 0 amide bonds. The summed E-state index contributed by atoms with van der Waals surface area (Å²) in [6.45, 7) is -0.571. The smallest absolute Gasteiger partial charge is 0.340 e. The van der Waals surface area contributed by atoms with Gasteiger partial charge in [-0.15, -0.1) is 0 Å². The molecule has 0 aromatic heterocycles. The number of carbonyl (C=O) groups excluding carboxylic acids is 2. The third-order valence-electron chi connectivity index (χ3n) is 4.89. The number of hydrogen-bond acceptors (Lipinski definition) is 12. The van der Waals surface area contributed by atoms with E-state index in [1.165, 1.54) is 18.2 Å². The van der Waals surface area contributed by atoms with Crippen molar-refractivity contribution in [3.63, 3.8) is 0 Å². The molecule has 1 aliphatic rings. The van der Waals surface area contributed by atoms with Gasteiger partial charge in [0.15, 0.2) is 17.2 Å². The van der Waals surface area contributed by atoms with Gasteiger partial charge in [0.1, 0.15) is 36.8 Å². The highest BCUT2D eigenvalue weighted by molar-refractivity contribution is 5.91. The van der Waals surface area contributed by atoms with E-state index in [9.17, 15) is 45.3 Å². The second-order valence-corrected chi connectivity index (χ2v) is 7.34. The minimum absolute atomic E-state index is 0.0539. The zero-order valence-corrected chi connectivity index (χ0v) is 17.4. The lowest BCUT2D eigenvalue weighted by Gasteiger charge is -2.39. The van der Waals surface area contributed by atoms with Gasteiger partial charge in [-0.3, -0.25) is 0 Å². The maximum absolute atomic E-state index is 12.3. The van der Waals surface area contributed by atoms with E-state index in [-0.39, 0.29) is 5.75 Å². The van der Waals surface area contributed by atoms with Gasteiger partial charge < -0.3 is 50.0 Å². The summed E-state index contributed by atoms with van der Waals surface area (Å²) in [5, 5.41) is 67.9. The van der Waals surface area contributed by atoms with Gasteiger partial charge in [0.25, 0.3) is 0 Å². The highest BCUT2D eigenvalue weighted by Crippen LogP contribution is 2.36. The summed E-state index contributed by atoms with van der Waals surface area (Å²) in [7, 11) is 0. The van der Waals surface area contributed by atoms with Crippen LogP contribution in [0.2, 0.25) is 0 Å². The zero-order valence-electron chi connectivity index (χ0n) is 17.4. The maximum Gasteiger partial charge on any atom is 0.340 e. The van der Waals surface area contributed by atoms with Crippen molar-refractivity contribution in [2.75, 3.05) is 6.61 Å². The number of aliphatic hydroxyl groups excluding tert-OH is 3. The lowest BCUT2D eigenvalue weighted by molar-refractivity contribution is -0.285. The first-order chi connectivity index (χ1) is 16.1. The number of phenolic OH excluding ortho intramolecular Hbond substituents is 4. The molecule has 1 saturated heterocycles. The highest BCUT2D eigenvalue weighted by Gasteiger charge is 2.46. The van der Waals surface area contributed by atoms with E-state index in [4.69, 9.17) is 14.2 Å². The Balaban J connectivity index is 1.62. The first-order valence-corrected chi connectivity index (χ1v) is 9.86. The van der Waals surface area contributed by atoms with Crippen molar-refractivity contribution in [1.29, 1.82) is 0 Å². The average Bonchev–Trinajstić information content (AvgIpc) is 2.81. The molecular formula is C22H22O12. The monoisotopic (exact) mass is 478 g/mol. The van der Waals surface area contributed by atoms with Crippen LogP contribution in [0.3, 0.4) is 0 Å². The van der Waals surface area contributed by atoms with Crippen LogP contribution in [-0.2, 0) is 19.0 Å². The Kier molecular flexibility index (Phi) is 7.58. The van der Waals surface area contributed by atoms with E-state index >= 15 is 0 Å². The van der Waals surface area contributed by atoms with Gasteiger partial charge >= 0.3 is 11.9 Å². The quantitative estimate of drug-likeness (QED) is 0.163. The van der Waals surface area contributed by atoms with Crippen LogP contribution in [0.4, 0.5) is 0 Å². The van der Waals surface area contributed by atoms with Crippen molar-refractivity contribution in [3.8, 4) is 23.0 Å². The van der Waals surface area contributed by atoms with Gasteiger partial charge in [-0.05, 0) is 35.9 Å². The molecule has 0 aliphatic carbocycles. The van der Waals surface area contributed by atoms with Gasteiger partial charge in [0, 0.05) is 6.08 Å². The van der Waals surface area contributed by atoms with Crippen molar-refractivity contribution < 1.29 is 59.5 Å². The SMILES string of the molecule is O=C(/C=C/c1ccc(O)cc1)OC[C@@H]1O[C@H](OC(=O)c2cc(O)c(O)c(O)c2)[C@@H](O)[C@H](O)[C@H]1O. The molecule has 1 heterocycles. The molecule has 7 N–H and O–H groups in total. The minimum atomic E-state index is -1.88. The zero-order chi connectivity index (χ0) is 25.0. The highest BCUT2D eigenvalue weighted by atomic mass is 16.7. The van der Waals surface area contributed by atoms with Crippen LogP contribution in [0.5, 0.6) is 23.0 Å². The fourth-order valence-electron chi connectivity index (χ4n) is 3.01. The molecular weight excluding hydrogens is 456 g/mol. The number of benzene rings is 2. The van der Waals surface area contributed by atoms with Crippen LogP contribution in [0.1, 0.15) is 15.9 Å². The Bertz CT molecular complexity index is 1040. The Hall–Kier alpha value is -3.84. The number of hydrogen-bond donors (Lipinski definition) is 7. The van der Waals surface area contributed by atoms with Crippen molar-refractivity contribution in [2.24, 2.45) is 0 Å². The Morgan fingerprint density at radius 1 is 0.912 bits per heavy atom. The molecule has 3 rings (SSSR count). The molecule has 0 saturated carbocycles. The molecule has 182 valence electrons. The fraction of sp³-hybridized carbons (Fsp3) is 0.273. The Morgan fingerprint density at radius 3 is 2.15 bits per heavy atom. The van der Waals surface area contributed by atoms with Crippen LogP contribution in [0.15, 0.2) is 42.5 Å². The number of aromatic hydroxyl groups is 4. The third-order valence-corrected chi connectivity index (χ3v) is 4.89. The van der Waals surface area contributed by atoms with E-state index in [0.29, 0.717) is 5.56 Å². The summed E-state index contributed by atoms with van der Waals surface area (Å²) in [5.74, 6) is -4.45. The predicted molar refractivity (Wildman–Crippen MR) is 112 cm³/mol. The van der Waals surface area contributed by atoms with Gasteiger partial charge in [-0.2, -0.15) is 0 Å². The Morgan fingerprint density at radius 2 is 1.53 bits per heavy atom. The molecule has 2 aromatic carbocycles. The van der Waals surface area contributed by atoms with Crippen molar-refractivity contribution in [2.45, 2.75) is 30.7 Å². The topological polar surface area (TPSA) is 203 Å². The average molecular weight is 478 g/mol. The molecule has 12 nitrogen and oxygen atoms in total. The van der Waals surface area contributed by atoms with Gasteiger partial charge in [-0.25, -0.2) is 9.59 Å². The molecule has 1 fully saturated rings. The lowest BCUT2D eigenvalue weighted by Crippen LogP contribution is -2.59. The second kappa shape index (κ2) is 10.4. The van der Waals surface area contributed by atoms with E-state index in [1.807, 2.05) is 0 Å². The number of ether oxygens (including phenoxy) is 3. The standard InChI is InChI=1S/C22H22O12/c23-12-4-1-10(2-5-12)3-6-16(26)32-9-15-18(28)19(29)20(30)22(33-15)34-21(31)11-7-13(24)17(27)14(25)8-11/h1-8,15,18-20,22-25,27-30H,9H2/b6-3+/t15-,18-,19+,20-,22+/m0/s1. The molecule has 0 spiro atoms. The molecule has 34 heavy (non-hydrogen) atoms. The molecule has 1 aliphatic heterocycles. The van der Waals surface area contributed by atoms with Crippen LogP contribution in [0.25, 0.3) is 6.08 Å². The maximum atomic E-state index is 12.3. The fourth-order valence-corrected chi connectivity index (χ4v) is 3.01. The third kappa shape index (κ3) is 5.74. The molecule has 12 heteroatoms. The molecule has 0 radical (unpaired) electrons. The predicted octanol–water partition coefficient (Wildman–Crippen LogP) is -0.270. The minimum Gasteiger partial charge on any atom is -0.508 e. The van der Waals surface area contributed by atoms with E-state index < -0.39 is 72.1 Å². The van der Waals surface area contributed by atoms with Crippen LogP contribution >= 0.6 is 0 Å². The van der Waals surface area contributed by atoms with Crippen molar-refractivity contribution >= 4 is 18.0 Å². The van der Waals surface area contributed by atoms with E-state index in [1.54, 1.807) is 12.1 Å². The van der Waals surface area contributed by atoms with Crippen molar-refractivity contribution in [3.05, 3.63) is 53.6 Å². The number of esters is 2. The molecule has 0 unspecified atom stereocenters. The van der Waals surface area contributed by atoms with Crippen molar-refractivity contribution in [1.82, 2.24) is 0 Å². The summed E-state index contributed by atoms with van der Waals surface area (Å²) in [5.41, 5.74) is 0.187. The number of carbonyl (C=O) groups is 2. The Labute approximate surface area is 192 Å². The summed E-state index contributed by atoms with van der Waals surface area (Å²) in [4.78, 5) is 24.3. The summed E-state index contributed by atoms with van der Waals surface area (Å²) in [6.07, 6.45) is -6.10. The molecule has 5 atom stereocenters. The summed E-state index contributed by atoms with van der Waals surface area (Å²) >= 11 is 0. The molecule has 2 aromatic rings. The second-order valence-electron chi connectivity index (χ2n) is 7.34. The lowest BCUT2D eigenvalue weighted by atomic mass is 9.99. The molecule has 0 bridgehead atoms. The van der Waals surface area contributed by atoms with E-state index in [2.05, 4.69) is 0 Å². The van der Waals surface area contributed by atoms with Crippen LogP contribution in [-0.4, -0.2) is 85.0 Å². The normalized spacial score (nSPS) is 24.6. The summed E-state index contributed by atoms with van der Waals surface area (Å²) in [6, 6.07) is 7.53. The largest absolute Gasteiger partial charge is 0.508 e. The summed E-state index contributed by atoms with van der Waals surface area (Å²) < 4.78 is 15.2. The number of phenols is 4. The van der Waals surface area contributed by atoms with Gasteiger partial charge in [0.05, 0.1) is 5.56 Å². The van der Waals surface area contributed by atoms with Crippen LogP contribution in [0, 0.1) is 0 Å². The first kappa shape index (κ1) is 24.8. The first-order valence-electron chi connectivity index (χ1n) is 9.86. The van der Waals surface area contributed by atoms with Crippen LogP contribution < -0.4 is 0 Å². The van der Waals surface area contributed by atoms with E-state index in [0.717, 1.165) is 18.2 Å². The van der Waals surface area contributed by atoms with Gasteiger partial charge in [-0.1, -0.05) is 12.1 Å². The number of rotatable bonds is 6.